The SMILES string of the molecule is Cl.Cl.NC1CCC(N(C(=O)O)c2cc(CCCC(=O)NCc3ccc(CNC[C@@H](O)c4ccc(O)c5[nH]c(=O)ccc45)cc3)ccc2-c2ccccc2)CC1. The average molecular weight is 791 g/mol. The zero-order valence-electron chi connectivity index (χ0n) is 30.4. The summed E-state index contributed by atoms with van der Waals surface area (Å²) in [5.74, 6) is -0.105. The number of phenolic OH excluding ortho intramolecular Hbond substituents is 1. The molecule has 1 atom stereocenters. The van der Waals surface area contributed by atoms with Crippen LogP contribution < -0.4 is 26.8 Å². The van der Waals surface area contributed by atoms with Gasteiger partial charge in [-0.15, -0.1) is 24.8 Å². The molecule has 0 spiro atoms. The first-order chi connectivity index (χ1) is 25.7. The largest absolute Gasteiger partial charge is 0.506 e. The van der Waals surface area contributed by atoms with Gasteiger partial charge in [-0.05, 0) is 84.5 Å². The number of benzene rings is 4. The average Bonchev–Trinajstić information content (AvgIpc) is 3.16. The summed E-state index contributed by atoms with van der Waals surface area (Å²) in [5.41, 5.74) is 12.2. The van der Waals surface area contributed by atoms with Gasteiger partial charge in [0.15, 0.2) is 0 Å². The van der Waals surface area contributed by atoms with E-state index in [2.05, 4.69) is 15.6 Å². The van der Waals surface area contributed by atoms with Gasteiger partial charge in [0, 0.05) is 55.2 Å². The van der Waals surface area contributed by atoms with E-state index in [-0.39, 0.29) is 60.7 Å². The Labute approximate surface area is 332 Å². The third kappa shape index (κ3) is 11.1. The number of pyridine rings is 1. The number of H-pyrrole nitrogens is 1. The molecule has 2 amide bonds. The predicted octanol–water partition coefficient (Wildman–Crippen LogP) is 6.96. The van der Waals surface area contributed by atoms with E-state index in [1.54, 1.807) is 12.1 Å². The molecule has 0 radical (unpaired) electrons. The molecule has 11 nitrogen and oxygen atoms in total. The zero-order chi connectivity index (χ0) is 37.3. The fourth-order valence-electron chi connectivity index (χ4n) is 7.14. The van der Waals surface area contributed by atoms with Crippen molar-refractivity contribution in [1.29, 1.82) is 0 Å². The number of aromatic amines is 1. The predicted molar refractivity (Wildman–Crippen MR) is 221 cm³/mol. The van der Waals surface area contributed by atoms with Crippen LogP contribution in [0.3, 0.4) is 0 Å². The molecule has 0 bridgehead atoms. The number of rotatable bonds is 14. The first kappa shape index (κ1) is 42.8. The quantitative estimate of drug-likeness (QED) is 0.0631. The van der Waals surface area contributed by atoms with Crippen molar-refractivity contribution in [3.05, 3.63) is 130 Å². The Balaban J connectivity index is 0.00000336. The molecule has 13 heteroatoms. The van der Waals surface area contributed by atoms with Gasteiger partial charge >= 0.3 is 6.09 Å². The molecule has 0 aliphatic heterocycles. The van der Waals surface area contributed by atoms with Crippen molar-refractivity contribution in [3.8, 4) is 16.9 Å². The summed E-state index contributed by atoms with van der Waals surface area (Å²) in [4.78, 5) is 41.3. The molecule has 55 heavy (non-hydrogen) atoms. The van der Waals surface area contributed by atoms with Crippen LogP contribution in [0.25, 0.3) is 22.0 Å². The highest BCUT2D eigenvalue weighted by Crippen LogP contribution is 2.36. The number of amides is 2. The third-order valence-corrected chi connectivity index (χ3v) is 10.0. The van der Waals surface area contributed by atoms with Gasteiger partial charge in [-0.3, -0.25) is 14.5 Å². The van der Waals surface area contributed by atoms with Crippen LogP contribution in [0.15, 0.2) is 102 Å². The number of aromatic nitrogens is 1. The van der Waals surface area contributed by atoms with Crippen LogP contribution in [-0.2, 0) is 24.3 Å². The number of nitrogens with one attached hydrogen (secondary N) is 3. The van der Waals surface area contributed by atoms with Crippen molar-refractivity contribution in [3.63, 3.8) is 0 Å². The zero-order valence-corrected chi connectivity index (χ0v) is 32.1. The number of aryl methyl sites for hydroxylation is 1. The minimum absolute atomic E-state index is 0. The van der Waals surface area contributed by atoms with Gasteiger partial charge in [-0.2, -0.15) is 0 Å². The van der Waals surface area contributed by atoms with E-state index < -0.39 is 12.2 Å². The number of nitrogens with zero attached hydrogens (tertiary/aromatic N) is 1. The van der Waals surface area contributed by atoms with Gasteiger partial charge in [0.1, 0.15) is 5.75 Å². The lowest BCUT2D eigenvalue weighted by Gasteiger charge is -2.35. The summed E-state index contributed by atoms with van der Waals surface area (Å²) >= 11 is 0. The van der Waals surface area contributed by atoms with Crippen molar-refractivity contribution in [1.82, 2.24) is 15.6 Å². The highest BCUT2D eigenvalue weighted by molar-refractivity contribution is 5.94. The minimum Gasteiger partial charge on any atom is -0.506 e. The number of carboxylic acid groups (broad SMARTS) is 1. The number of carbonyl (C=O) groups is 2. The normalized spacial score (nSPS) is 15.7. The van der Waals surface area contributed by atoms with Crippen LogP contribution in [0.5, 0.6) is 5.75 Å². The van der Waals surface area contributed by atoms with Crippen molar-refractivity contribution in [2.24, 2.45) is 5.73 Å². The molecule has 1 aliphatic carbocycles. The van der Waals surface area contributed by atoms with Gasteiger partial charge in [0.25, 0.3) is 0 Å². The van der Waals surface area contributed by atoms with Gasteiger partial charge in [0.2, 0.25) is 11.5 Å². The number of hydrogen-bond acceptors (Lipinski definition) is 7. The smallest absolute Gasteiger partial charge is 0.412 e. The number of aliphatic hydroxyl groups is 1. The number of fused-ring (bicyclic) bond motifs is 1. The topological polar surface area (TPSA) is 181 Å². The van der Waals surface area contributed by atoms with Crippen LogP contribution in [0, 0.1) is 0 Å². The van der Waals surface area contributed by atoms with Crippen molar-refractivity contribution in [2.75, 3.05) is 11.4 Å². The van der Waals surface area contributed by atoms with Crippen molar-refractivity contribution in [2.45, 2.75) is 76.2 Å². The second-order valence-electron chi connectivity index (χ2n) is 13.8. The number of aliphatic hydroxyl groups excluding tert-OH is 1. The monoisotopic (exact) mass is 789 g/mol. The van der Waals surface area contributed by atoms with E-state index in [0.29, 0.717) is 54.5 Å². The molecule has 1 aliphatic rings. The number of carbonyl (C=O) groups excluding carboxylic acids is 1. The second-order valence-corrected chi connectivity index (χ2v) is 13.8. The van der Waals surface area contributed by atoms with Gasteiger partial charge < -0.3 is 36.7 Å². The molecule has 292 valence electrons. The molecule has 5 aromatic rings. The number of anilines is 1. The number of nitrogens with two attached hydrogens (primary N) is 1. The summed E-state index contributed by atoms with van der Waals surface area (Å²) in [6.45, 7) is 1.18. The molecule has 1 saturated carbocycles. The molecule has 1 heterocycles. The van der Waals surface area contributed by atoms with Crippen LogP contribution in [-0.4, -0.2) is 50.9 Å². The van der Waals surface area contributed by atoms with E-state index in [0.717, 1.165) is 53.5 Å². The number of phenols is 1. The Hall–Kier alpha value is -4.91. The summed E-state index contributed by atoms with van der Waals surface area (Å²) in [5, 5.41) is 38.1. The maximum Gasteiger partial charge on any atom is 0.412 e. The number of aromatic hydroxyl groups is 1. The van der Waals surface area contributed by atoms with Gasteiger partial charge in [0.05, 0.1) is 17.3 Å². The highest BCUT2D eigenvalue weighted by atomic mass is 35.5. The lowest BCUT2D eigenvalue weighted by atomic mass is 9.89. The summed E-state index contributed by atoms with van der Waals surface area (Å²) in [7, 11) is 0. The lowest BCUT2D eigenvalue weighted by molar-refractivity contribution is -0.121. The third-order valence-electron chi connectivity index (χ3n) is 10.0. The molecule has 1 aromatic heterocycles. The minimum atomic E-state index is -0.970. The maximum absolute atomic E-state index is 12.8. The first-order valence-electron chi connectivity index (χ1n) is 18.2. The van der Waals surface area contributed by atoms with Gasteiger partial charge in [-0.1, -0.05) is 72.8 Å². The number of hydrogen-bond donors (Lipinski definition) is 7. The Morgan fingerprint density at radius 2 is 1.53 bits per heavy atom. The van der Waals surface area contributed by atoms with Crippen LogP contribution in [0.2, 0.25) is 0 Å². The fraction of sp³-hybridized carbons (Fsp3) is 0.310. The van der Waals surface area contributed by atoms with Crippen molar-refractivity contribution >= 4 is 53.4 Å². The molecule has 8 N–H and O–H groups in total. The highest BCUT2D eigenvalue weighted by Gasteiger charge is 2.30. The molecule has 0 saturated heterocycles. The Kier molecular flexibility index (Phi) is 15.7. The number of halogens is 2. The second kappa shape index (κ2) is 20.1. The van der Waals surface area contributed by atoms with Crippen LogP contribution in [0.1, 0.15) is 66.9 Å². The maximum atomic E-state index is 12.8. The van der Waals surface area contributed by atoms with Crippen LogP contribution >= 0.6 is 24.8 Å². The van der Waals surface area contributed by atoms with E-state index in [9.17, 15) is 29.7 Å². The summed E-state index contributed by atoms with van der Waals surface area (Å²) in [6, 6.07) is 29.7. The van der Waals surface area contributed by atoms with Gasteiger partial charge in [-0.25, -0.2) is 4.79 Å². The van der Waals surface area contributed by atoms with E-state index >= 15 is 0 Å². The molecule has 0 unspecified atom stereocenters. The fourth-order valence-corrected chi connectivity index (χ4v) is 7.14. The molecular weight excluding hydrogens is 741 g/mol. The standard InChI is InChI=1S/C42H47N5O6.2ClH/c43-31-14-16-32(17-15-31)47(42(52)53)36-23-27(13-18-33(36)30-6-2-1-3-7-30)5-4-8-39(50)45-25-29-11-9-28(10-12-29)24-44-26-38(49)34-19-21-37(48)41-35(34)20-22-40(51)46-41;;/h1-3,6-7,9-13,18-23,31-32,38,44,48-49H,4-5,8,14-17,24-26,43H2,(H,45,50)(H,46,51)(H,52,53);2*1H/t31?,32?,38-;;/m1../s1. The van der Waals surface area contributed by atoms with E-state index in [1.807, 2.05) is 72.8 Å². The Morgan fingerprint density at radius 3 is 2.22 bits per heavy atom. The van der Waals surface area contributed by atoms with E-state index in [4.69, 9.17) is 5.73 Å². The lowest BCUT2D eigenvalue weighted by Crippen LogP contribution is -2.44. The van der Waals surface area contributed by atoms with E-state index in [1.165, 1.54) is 17.0 Å². The summed E-state index contributed by atoms with van der Waals surface area (Å²) in [6.07, 6.45) is 2.81. The van der Waals surface area contributed by atoms with Crippen molar-refractivity contribution < 1.29 is 24.9 Å². The van der Waals surface area contributed by atoms with Crippen LogP contribution in [0.4, 0.5) is 10.5 Å². The summed E-state index contributed by atoms with van der Waals surface area (Å²) < 4.78 is 0. The molecular formula is C42H49Cl2N5O6. The Bertz CT molecular complexity index is 2090. The molecule has 4 aromatic carbocycles. The Morgan fingerprint density at radius 1 is 0.855 bits per heavy atom. The first-order valence-corrected chi connectivity index (χ1v) is 18.2. The molecule has 6 rings (SSSR count). The molecule has 1 fully saturated rings.